The lowest BCUT2D eigenvalue weighted by molar-refractivity contribution is 0.124. The van der Waals surface area contributed by atoms with Gasteiger partial charge in [-0.1, -0.05) is 13.0 Å². The Kier molecular flexibility index (Phi) is 6.30. The van der Waals surface area contributed by atoms with Crippen LogP contribution in [0.4, 0.5) is 5.69 Å². The molecule has 1 saturated heterocycles. The van der Waals surface area contributed by atoms with Gasteiger partial charge in [-0.05, 0) is 47.0 Å². The Labute approximate surface area is 211 Å². The van der Waals surface area contributed by atoms with Crippen molar-refractivity contribution in [1.82, 2.24) is 29.2 Å². The van der Waals surface area contributed by atoms with E-state index in [0.717, 1.165) is 53.8 Å². The number of aryl methyl sites for hydroxylation is 1. The summed E-state index contributed by atoms with van der Waals surface area (Å²) in [5.74, 6) is 0. The molecule has 0 bridgehead atoms. The minimum absolute atomic E-state index is 0.106. The molecule has 1 aliphatic heterocycles. The van der Waals surface area contributed by atoms with Crippen LogP contribution < -0.4 is 10.5 Å². The summed E-state index contributed by atoms with van der Waals surface area (Å²) >= 11 is 3.57. The lowest BCUT2D eigenvalue weighted by Crippen LogP contribution is -2.54. The summed E-state index contributed by atoms with van der Waals surface area (Å²) in [5.41, 5.74) is 5.19. The number of aromatic nitrogens is 5. The Hall–Kier alpha value is -3.29. The molecular weight excluding hydrogens is 508 g/mol. The highest BCUT2D eigenvalue weighted by Crippen LogP contribution is 2.35. The van der Waals surface area contributed by atoms with Gasteiger partial charge in [-0.2, -0.15) is 10.4 Å². The normalized spacial score (nSPS) is 17.7. The summed E-state index contributed by atoms with van der Waals surface area (Å²) in [6.45, 7) is 6.97. The lowest BCUT2D eigenvalue weighted by Gasteiger charge is -2.45. The number of benzene rings is 1. The van der Waals surface area contributed by atoms with Crippen molar-refractivity contribution in [2.24, 2.45) is 7.05 Å². The highest BCUT2D eigenvalue weighted by atomic mass is 79.9. The van der Waals surface area contributed by atoms with Gasteiger partial charge >= 0.3 is 0 Å². The molecule has 3 aromatic heterocycles. The fourth-order valence-corrected chi connectivity index (χ4v) is 5.81. The maximum absolute atomic E-state index is 13.0. The van der Waals surface area contributed by atoms with Crippen molar-refractivity contribution in [3.63, 3.8) is 0 Å². The molecule has 5 rings (SSSR count). The van der Waals surface area contributed by atoms with Crippen LogP contribution in [0.25, 0.3) is 22.1 Å². The molecule has 1 fully saturated rings. The Morgan fingerprint density at radius 3 is 2.74 bits per heavy atom. The highest BCUT2D eigenvalue weighted by Gasteiger charge is 2.32. The van der Waals surface area contributed by atoms with Crippen LogP contribution in [0.2, 0.25) is 0 Å². The Bertz CT molecular complexity index is 1500. The number of anilines is 1. The van der Waals surface area contributed by atoms with Gasteiger partial charge < -0.3 is 9.47 Å². The molecule has 0 amide bonds. The van der Waals surface area contributed by atoms with E-state index in [9.17, 15) is 4.79 Å². The number of halogens is 1. The van der Waals surface area contributed by atoms with E-state index in [-0.39, 0.29) is 18.1 Å². The van der Waals surface area contributed by atoms with Gasteiger partial charge in [0.1, 0.15) is 16.5 Å². The quantitative estimate of drug-likeness (QED) is 0.385. The molecule has 10 heteroatoms. The summed E-state index contributed by atoms with van der Waals surface area (Å²) in [6, 6.07) is 8.95. The van der Waals surface area contributed by atoms with Crippen LogP contribution in [0.1, 0.15) is 31.9 Å². The van der Waals surface area contributed by atoms with Gasteiger partial charge in [0.2, 0.25) is 0 Å². The zero-order valence-electron chi connectivity index (χ0n) is 20.0. The van der Waals surface area contributed by atoms with Gasteiger partial charge in [0, 0.05) is 51.2 Å². The number of rotatable bonds is 5. The number of nitriles is 1. The maximum atomic E-state index is 13.0. The van der Waals surface area contributed by atoms with E-state index in [1.807, 2.05) is 6.07 Å². The van der Waals surface area contributed by atoms with Crippen molar-refractivity contribution in [1.29, 1.82) is 5.26 Å². The molecule has 0 aliphatic carbocycles. The standard InChI is InChI=1S/C25H27BrN8O/c1-4-18-14-32(24-22(26)25(35)31(3)21-15-33(10-7-27)30-23(21)24)11-12-34(18)16(2)17-5-6-19-20(13-17)29-9-8-28-19/h5-6,8-9,13,15-16,18H,4,10-12,14H2,1-3H3. The van der Waals surface area contributed by atoms with Gasteiger partial charge in [0.25, 0.3) is 5.56 Å². The van der Waals surface area contributed by atoms with E-state index in [1.165, 1.54) is 5.56 Å². The molecule has 0 spiro atoms. The maximum Gasteiger partial charge on any atom is 0.267 e. The molecule has 9 nitrogen and oxygen atoms in total. The number of hydrogen-bond donors (Lipinski definition) is 0. The van der Waals surface area contributed by atoms with Gasteiger partial charge in [0.15, 0.2) is 0 Å². The minimum atomic E-state index is -0.106. The molecule has 2 unspecified atom stereocenters. The SMILES string of the molecule is CCC1CN(c2c(Br)c(=O)n(C)c3cn(CC#N)nc23)CCN1C(C)c1ccc2nccnc2c1. The largest absolute Gasteiger partial charge is 0.366 e. The second-order valence-corrected chi connectivity index (χ2v) is 9.76. The summed E-state index contributed by atoms with van der Waals surface area (Å²) in [7, 11) is 1.74. The molecule has 4 heterocycles. The summed E-state index contributed by atoms with van der Waals surface area (Å²) < 4.78 is 3.69. The molecule has 1 aromatic carbocycles. The zero-order chi connectivity index (χ0) is 24.7. The molecular formula is C25H27BrN8O. The molecule has 0 N–H and O–H groups in total. The van der Waals surface area contributed by atoms with Crippen molar-refractivity contribution in [2.75, 3.05) is 24.5 Å². The Morgan fingerprint density at radius 2 is 2.00 bits per heavy atom. The van der Waals surface area contributed by atoms with Crippen LogP contribution in [0.3, 0.4) is 0 Å². The van der Waals surface area contributed by atoms with E-state index < -0.39 is 0 Å². The number of hydrogen-bond acceptors (Lipinski definition) is 7. The van der Waals surface area contributed by atoms with Gasteiger partial charge in [-0.3, -0.25) is 24.3 Å². The number of piperazine rings is 1. The van der Waals surface area contributed by atoms with Crippen LogP contribution in [0, 0.1) is 11.3 Å². The predicted octanol–water partition coefficient (Wildman–Crippen LogP) is 3.63. The van der Waals surface area contributed by atoms with Crippen LogP contribution in [-0.4, -0.2) is 54.9 Å². The lowest BCUT2D eigenvalue weighted by atomic mass is 10.0. The smallest absolute Gasteiger partial charge is 0.267 e. The molecule has 180 valence electrons. The molecule has 4 aromatic rings. The van der Waals surface area contributed by atoms with E-state index >= 15 is 0 Å². The van der Waals surface area contributed by atoms with Gasteiger partial charge in [0.05, 0.1) is 34.5 Å². The predicted molar refractivity (Wildman–Crippen MR) is 139 cm³/mol. The third-order valence-corrected chi connectivity index (χ3v) is 7.76. The summed E-state index contributed by atoms with van der Waals surface area (Å²) in [6.07, 6.45) is 6.19. The molecule has 0 radical (unpaired) electrons. The van der Waals surface area contributed by atoms with E-state index in [4.69, 9.17) is 5.26 Å². The topological polar surface area (TPSA) is 95.9 Å². The van der Waals surface area contributed by atoms with Crippen LogP contribution in [0.5, 0.6) is 0 Å². The Balaban J connectivity index is 1.47. The Morgan fingerprint density at radius 1 is 1.23 bits per heavy atom. The average molecular weight is 535 g/mol. The first kappa shape index (κ1) is 23.5. The molecule has 35 heavy (non-hydrogen) atoms. The number of nitrogens with zero attached hydrogens (tertiary/aromatic N) is 8. The van der Waals surface area contributed by atoms with Crippen LogP contribution >= 0.6 is 15.9 Å². The average Bonchev–Trinajstić information content (AvgIpc) is 3.30. The summed E-state index contributed by atoms with van der Waals surface area (Å²) in [5, 5.41) is 13.8. The minimum Gasteiger partial charge on any atom is -0.366 e. The van der Waals surface area contributed by atoms with E-state index in [1.54, 1.807) is 34.9 Å². The van der Waals surface area contributed by atoms with Gasteiger partial charge in [-0.25, -0.2) is 0 Å². The second-order valence-electron chi connectivity index (χ2n) is 8.97. The first-order chi connectivity index (χ1) is 16.9. The second kappa shape index (κ2) is 9.40. The fourth-order valence-electron chi connectivity index (χ4n) is 5.11. The third-order valence-electron chi connectivity index (χ3n) is 7.05. The first-order valence-corrected chi connectivity index (χ1v) is 12.6. The molecule has 2 atom stereocenters. The van der Waals surface area contributed by atoms with Crippen molar-refractivity contribution in [3.05, 3.63) is 57.2 Å². The fraction of sp³-hybridized carbons (Fsp3) is 0.400. The summed E-state index contributed by atoms with van der Waals surface area (Å²) in [4.78, 5) is 26.7. The van der Waals surface area contributed by atoms with Crippen molar-refractivity contribution >= 4 is 43.7 Å². The van der Waals surface area contributed by atoms with Crippen molar-refractivity contribution < 1.29 is 0 Å². The third kappa shape index (κ3) is 4.09. The monoisotopic (exact) mass is 534 g/mol. The van der Waals surface area contributed by atoms with Crippen molar-refractivity contribution in [2.45, 2.75) is 38.9 Å². The van der Waals surface area contributed by atoms with E-state index in [0.29, 0.717) is 10.5 Å². The first-order valence-electron chi connectivity index (χ1n) is 11.8. The van der Waals surface area contributed by atoms with Gasteiger partial charge in [-0.15, -0.1) is 0 Å². The number of fused-ring (bicyclic) bond motifs is 2. The van der Waals surface area contributed by atoms with Crippen LogP contribution in [-0.2, 0) is 13.6 Å². The van der Waals surface area contributed by atoms with Crippen LogP contribution in [0.15, 0.2) is 46.1 Å². The van der Waals surface area contributed by atoms with E-state index in [2.05, 4.69) is 72.8 Å². The molecule has 1 aliphatic rings. The van der Waals surface area contributed by atoms with Crippen molar-refractivity contribution in [3.8, 4) is 6.07 Å². The molecule has 0 saturated carbocycles. The zero-order valence-corrected chi connectivity index (χ0v) is 21.6. The number of pyridine rings is 1. The highest BCUT2D eigenvalue weighted by molar-refractivity contribution is 9.10.